The lowest BCUT2D eigenvalue weighted by Gasteiger charge is -2.27. The highest BCUT2D eigenvalue weighted by Crippen LogP contribution is 2.37. The summed E-state index contributed by atoms with van der Waals surface area (Å²) in [5.41, 5.74) is -0.203. The maximum absolute atomic E-state index is 6.09. The van der Waals surface area contributed by atoms with Gasteiger partial charge in [0.15, 0.2) is 0 Å². The molecular weight excluding hydrogens is 240 g/mol. The van der Waals surface area contributed by atoms with Gasteiger partial charge in [-0.3, -0.25) is 0 Å². The van der Waals surface area contributed by atoms with Crippen LogP contribution in [0.25, 0.3) is 0 Å². The van der Waals surface area contributed by atoms with Gasteiger partial charge in [-0.1, -0.05) is 6.92 Å². The van der Waals surface area contributed by atoms with Crippen LogP contribution in [0.15, 0.2) is 0 Å². The number of nitrogens with one attached hydrogen (secondary N) is 1. The molecule has 108 valence electrons. The van der Waals surface area contributed by atoms with Crippen LogP contribution in [0.3, 0.4) is 0 Å². The Morgan fingerprint density at radius 3 is 2.37 bits per heavy atom. The van der Waals surface area contributed by atoms with Gasteiger partial charge in [-0.2, -0.15) is 0 Å². The normalized spacial score (nSPS) is 24.8. The lowest BCUT2D eigenvalue weighted by Crippen LogP contribution is -2.43. The quantitative estimate of drug-likeness (QED) is 0.903. The average Bonchev–Trinajstić information content (AvgIpc) is 2.73. The Hall–Kier alpha value is -0.940. The molecule has 0 bridgehead atoms. The number of aryl methyl sites for hydroxylation is 1. The number of hydrogen-bond donors (Lipinski definition) is 1. The first-order chi connectivity index (χ1) is 8.75. The van der Waals surface area contributed by atoms with E-state index in [0.29, 0.717) is 6.04 Å². The van der Waals surface area contributed by atoms with Crippen molar-refractivity contribution in [3.8, 4) is 0 Å². The van der Waals surface area contributed by atoms with Crippen molar-refractivity contribution in [1.29, 1.82) is 0 Å². The summed E-state index contributed by atoms with van der Waals surface area (Å²) in [6, 6.07) is 0.337. The fourth-order valence-electron chi connectivity index (χ4n) is 2.96. The Morgan fingerprint density at radius 2 is 1.89 bits per heavy atom. The van der Waals surface area contributed by atoms with Gasteiger partial charge in [0, 0.05) is 19.5 Å². The zero-order valence-corrected chi connectivity index (χ0v) is 12.9. The maximum atomic E-state index is 6.09. The van der Waals surface area contributed by atoms with Crippen molar-refractivity contribution in [2.24, 2.45) is 7.05 Å². The Balaban J connectivity index is 2.01. The lowest BCUT2D eigenvalue weighted by molar-refractivity contribution is -0.0699. The molecule has 0 spiro atoms. The zero-order chi connectivity index (χ0) is 14.3. The third-order valence-corrected chi connectivity index (χ3v) is 3.95. The van der Waals surface area contributed by atoms with Gasteiger partial charge in [0.25, 0.3) is 0 Å². The van der Waals surface area contributed by atoms with E-state index in [-0.39, 0.29) is 11.2 Å². The monoisotopic (exact) mass is 266 g/mol. The first-order valence-electron chi connectivity index (χ1n) is 7.06. The van der Waals surface area contributed by atoms with Crippen molar-refractivity contribution in [2.45, 2.75) is 71.2 Å². The summed E-state index contributed by atoms with van der Waals surface area (Å²) < 4.78 is 8.16. The number of nitrogens with zero attached hydrogens (tertiary/aromatic N) is 3. The minimum atomic E-state index is -0.143. The zero-order valence-electron chi connectivity index (χ0n) is 12.9. The Kier molecular flexibility index (Phi) is 3.71. The van der Waals surface area contributed by atoms with E-state index in [0.717, 1.165) is 31.0 Å². The van der Waals surface area contributed by atoms with Gasteiger partial charge in [-0.25, -0.2) is 0 Å². The molecule has 1 aromatic heterocycles. The predicted molar refractivity (Wildman–Crippen MR) is 74.9 cm³/mol. The first kappa shape index (κ1) is 14.5. The second kappa shape index (κ2) is 4.87. The molecule has 0 amide bonds. The van der Waals surface area contributed by atoms with E-state index in [2.05, 4.69) is 54.7 Å². The first-order valence-corrected chi connectivity index (χ1v) is 7.06. The molecule has 1 unspecified atom stereocenters. The predicted octanol–water partition coefficient (Wildman–Crippen LogP) is 1.81. The molecule has 1 N–H and O–H groups in total. The molecule has 0 aromatic carbocycles. The lowest BCUT2D eigenvalue weighted by atomic mass is 9.94. The van der Waals surface area contributed by atoms with E-state index in [1.165, 1.54) is 0 Å². The summed E-state index contributed by atoms with van der Waals surface area (Å²) in [6.45, 7) is 11.4. The highest BCUT2D eigenvalue weighted by molar-refractivity contribution is 5.01. The summed E-state index contributed by atoms with van der Waals surface area (Å²) in [5.74, 6) is 2.01. The molecule has 1 saturated heterocycles. The van der Waals surface area contributed by atoms with Gasteiger partial charge in [-0.05, 0) is 34.1 Å². The Morgan fingerprint density at radius 1 is 1.26 bits per heavy atom. The van der Waals surface area contributed by atoms with Crippen LogP contribution >= 0.6 is 0 Å². The van der Waals surface area contributed by atoms with Crippen LogP contribution in [0.4, 0.5) is 0 Å². The third kappa shape index (κ3) is 2.98. The molecule has 2 heterocycles. The summed E-state index contributed by atoms with van der Waals surface area (Å²) in [6.07, 6.45) is 1.92. The molecule has 5 heteroatoms. The molecule has 2 rings (SSSR count). The van der Waals surface area contributed by atoms with Crippen LogP contribution in [0.2, 0.25) is 0 Å². The number of hydrogen-bond acceptors (Lipinski definition) is 4. The van der Waals surface area contributed by atoms with Crippen molar-refractivity contribution in [1.82, 2.24) is 20.1 Å². The molecule has 1 atom stereocenters. The number of aromatic nitrogens is 3. The minimum Gasteiger partial charge on any atom is -0.368 e. The molecule has 1 aromatic rings. The van der Waals surface area contributed by atoms with Gasteiger partial charge in [-0.15, -0.1) is 10.2 Å². The van der Waals surface area contributed by atoms with E-state index in [9.17, 15) is 0 Å². The average molecular weight is 266 g/mol. The van der Waals surface area contributed by atoms with Crippen LogP contribution in [-0.4, -0.2) is 32.0 Å². The van der Waals surface area contributed by atoms with Crippen molar-refractivity contribution in [3.05, 3.63) is 11.6 Å². The molecule has 19 heavy (non-hydrogen) atoms. The van der Waals surface area contributed by atoms with Crippen molar-refractivity contribution >= 4 is 0 Å². The molecule has 0 aliphatic carbocycles. The molecule has 1 fully saturated rings. The summed E-state index contributed by atoms with van der Waals surface area (Å²) in [5, 5.41) is 12.0. The van der Waals surface area contributed by atoms with Crippen LogP contribution in [0.1, 0.15) is 52.7 Å². The Bertz CT molecular complexity index is 450. The second-order valence-corrected chi connectivity index (χ2v) is 6.55. The third-order valence-electron chi connectivity index (χ3n) is 3.95. The van der Waals surface area contributed by atoms with Gasteiger partial charge in [0.1, 0.15) is 11.6 Å². The van der Waals surface area contributed by atoms with Crippen LogP contribution in [-0.2, 0) is 24.8 Å². The number of rotatable bonds is 4. The van der Waals surface area contributed by atoms with Crippen LogP contribution in [0.5, 0.6) is 0 Å². The van der Waals surface area contributed by atoms with Crippen LogP contribution in [0, 0.1) is 0 Å². The summed E-state index contributed by atoms with van der Waals surface area (Å²) in [7, 11) is 2.02. The summed E-state index contributed by atoms with van der Waals surface area (Å²) in [4.78, 5) is 0. The highest BCUT2D eigenvalue weighted by Gasteiger charge is 2.45. The fraction of sp³-hybridized carbons (Fsp3) is 0.857. The fourth-order valence-corrected chi connectivity index (χ4v) is 2.96. The standard InChI is InChI=1S/C14H26N4O/c1-7-11-16-17-12(18(11)6)9-15-10-8-13(2,3)19-14(10,4)5/h10,15H,7-9H2,1-6H3. The molecule has 0 radical (unpaired) electrons. The molecule has 1 aliphatic rings. The van der Waals surface area contributed by atoms with E-state index in [1.54, 1.807) is 0 Å². The second-order valence-electron chi connectivity index (χ2n) is 6.55. The van der Waals surface area contributed by atoms with Crippen molar-refractivity contribution < 1.29 is 4.74 Å². The molecule has 0 saturated carbocycles. The van der Waals surface area contributed by atoms with Crippen LogP contribution < -0.4 is 5.32 Å². The maximum Gasteiger partial charge on any atom is 0.146 e. The topological polar surface area (TPSA) is 52.0 Å². The van der Waals surface area contributed by atoms with Gasteiger partial charge < -0.3 is 14.6 Å². The highest BCUT2D eigenvalue weighted by atomic mass is 16.5. The van der Waals surface area contributed by atoms with Gasteiger partial charge in [0.05, 0.1) is 17.7 Å². The molecule has 5 nitrogen and oxygen atoms in total. The number of ether oxygens (including phenoxy) is 1. The van der Waals surface area contributed by atoms with Gasteiger partial charge >= 0.3 is 0 Å². The van der Waals surface area contributed by atoms with E-state index >= 15 is 0 Å². The smallest absolute Gasteiger partial charge is 0.146 e. The van der Waals surface area contributed by atoms with E-state index in [4.69, 9.17) is 4.74 Å². The summed E-state index contributed by atoms with van der Waals surface area (Å²) >= 11 is 0. The van der Waals surface area contributed by atoms with Crippen molar-refractivity contribution in [3.63, 3.8) is 0 Å². The van der Waals surface area contributed by atoms with E-state index in [1.807, 2.05) is 7.05 Å². The SMILES string of the molecule is CCc1nnc(CNC2CC(C)(C)OC2(C)C)n1C. The Labute approximate surface area is 115 Å². The largest absolute Gasteiger partial charge is 0.368 e. The molecule has 1 aliphatic heterocycles. The van der Waals surface area contributed by atoms with E-state index < -0.39 is 0 Å². The van der Waals surface area contributed by atoms with Crippen molar-refractivity contribution in [2.75, 3.05) is 0 Å². The molecular formula is C14H26N4O. The van der Waals surface area contributed by atoms with Gasteiger partial charge in [0.2, 0.25) is 0 Å². The minimum absolute atomic E-state index is 0.0599.